The summed E-state index contributed by atoms with van der Waals surface area (Å²) in [6.45, 7) is 2.18. The first kappa shape index (κ1) is 8.90. The van der Waals surface area contributed by atoms with Gasteiger partial charge < -0.3 is 0 Å². The number of hydrogen-bond acceptors (Lipinski definition) is 2. The molecule has 0 aromatic heterocycles. The number of nitrogens with two attached hydrogens (primary N) is 2. The molecule has 1 atom stereocenters. The van der Waals surface area contributed by atoms with Crippen molar-refractivity contribution < 1.29 is 21.2 Å². The first-order valence-electron chi connectivity index (χ1n) is 3.61. The van der Waals surface area contributed by atoms with Gasteiger partial charge in [0.15, 0.2) is 0 Å². The molecule has 11 heavy (non-hydrogen) atoms. The number of allylic oxidation sites excluding steroid dienone is 2. The Morgan fingerprint density at radius 3 is 2.73 bits per heavy atom. The van der Waals surface area contributed by atoms with Crippen molar-refractivity contribution >= 4 is 0 Å². The van der Waals surface area contributed by atoms with Crippen LogP contribution in [-0.2, 0) is 0 Å². The van der Waals surface area contributed by atoms with Crippen LogP contribution in [0.15, 0.2) is 21.0 Å². The van der Waals surface area contributed by atoms with Crippen LogP contribution in [0.1, 0.15) is 13.3 Å². The minimum absolute atomic E-state index is 0.125. The van der Waals surface area contributed by atoms with Gasteiger partial charge in [0, 0.05) is 0 Å². The maximum atomic E-state index is 5.81. The second kappa shape index (κ2) is 3.47. The van der Waals surface area contributed by atoms with Crippen molar-refractivity contribution in [1.29, 1.82) is 0 Å². The molecule has 1 rings (SSSR count). The molecule has 1 unspecified atom stereocenters. The van der Waals surface area contributed by atoms with E-state index in [1.165, 1.54) is 3.58 Å². The molecule has 0 aromatic carbocycles. The first-order chi connectivity index (χ1) is 5.15. The molecule has 2 nitrogen and oxygen atoms in total. The summed E-state index contributed by atoms with van der Waals surface area (Å²) < 4.78 is 1.41. The number of hydrogen-bond donors (Lipinski definition) is 2. The van der Waals surface area contributed by atoms with E-state index in [-0.39, 0.29) is 21.2 Å². The second-order valence-electron chi connectivity index (χ2n) is 2.81. The van der Waals surface area contributed by atoms with Crippen molar-refractivity contribution in [3.63, 3.8) is 0 Å². The van der Waals surface area contributed by atoms with Gasteiger partial charge in [-0.2, -0.15) is 0 Å². The van der Waals surface area contributed by atoms with E-state index in [0.717, 1.165) is 17.8 Å². The molecule has 0 amide bonds. The van der Waals surface area contributed by atoms with E-state index in [2.05, 4.69) is 17.9 Å². The summed E-state index contributed by atoms with van der Waals surface area (Å²) >= 11 is 0.125. The Hall–Kier alpha value is -0.190. The van der Waals surface area contributed by atoms with Crippen molar-refractivity contribution in [2.45, 2.75) is 13.3 Å². The molecule has 1 aliphatic carbocycles. The Morgan fingerprint density at radius 2 is 2.18 bits per heavy atom. The zero-order chi connectivity index (χ0) is 8.43. The van der Waals surface area contributed by atoms with Crippen LogP contribution in [0.3, 0.4) is 0 Å². The van der Waals surface area contributed by atoms with Crippen LogP contribution >= 0.6 is 0 Å². The third-order valence-electron chi connectivity index (χ3n) is 1.80. The molecule has 4 N–H and O–H groups in total. The number of alkyl halides is 1. The van der Waals surface area contributed by atoms with Crippen LogP contribution in [-0.4, -0.2) is 4.93 Å². The van der Waals surface area contributed by atoms with Gasteiger partial charge in [-0.25, -0.2) is 0 Å². The first-order valence-corrected chi connectivity index (χ1v) is 6.84. The van der Waals surface area contributed by atoms with Crippen LogP contribution in [0.25, 0.3) is 0 Å². The zero-order valence-corrected chi connectivity index (χ0v) is 9.05. The Bertz CT molecular complexity index is 218. The molecule has 0 aromatic rings. The summed E-state index contributed by atoms with van der Waals surface area (Å²) in [4.78, 5) is 2.23. The standard InChI is InChI=1S/C8H14IN2/c1-5-3-6(9-2)8(11)7(10)4-5/h4-5H,3,10-11H2,1-2H3/q-1. The minimum atomic E-state index is 0.125. The normalized spacial score (nSPS) is 25.6. The summed E-state index contributed by atoms with van der Waals surface area (Å²) in [5.74, 6) is 0.581. The molecule has 0 heterocycles. The molecule has 0 bridgehead atoms. The van der Waals surface area contributed by atoms with Gasteiger partial charge in [-0.15, -0.1) is 0 Å². The summed E-state index contributed by atoms with van der Waals surface area (Å²) in [7, 11) is 0. The molecule has 1 aliphatic rings. The SMILES string of the molecule is C[I-]C1=C(N)C(N)=CC(C)C1. The average molecular weight is 265 g/mol. The molecule has 0 saturated carbocycles. The van der Waals surface area contributed by atoms with Crippen LogP contribution in [0.5, 0.6) is 0 Å². The van der Waals surface area contributed by atoms with Crippen LogP contribution < -0.4 is 32.7 Å². The van der Waals surface area contributed by atoms with E-state index in [1.54, 1.807) is 0 Å². The quantitative estimate of drug-likeness (QED) is 0.416. The second-order valence-corrected chi connectivity index (χ2v) is 5.19. The van der Waals surface area contributed by atoms with Crippen LogP contribution in [0.4, 0.5) is 0 Å². The van der Waals surface area contributed by atoms with Crippen molar-refractivity contribution in [2.75, 3.05) is 4.93 Å². The molecule has 0 aliphatic heterocycles. The van der Waals surface area contributed by atoms with E-state index in [4.69, 9.17) is 11.5 Å². The Labute approximate surface area is 78.0 Å². The fourth-order valence-electron chi connectivity index (χ4n) is 1.18. The van der Waals surface area contributed by atoms with Crippen molar-refractivity contribution in [3.8, 4) is 0 Å². The summed E-state index contributed by atoms with van der Waals surface area (Å²) in [5, 5.41) is 0. The molecule has 64 valence electrons. The molecule has 0 saturated heterocycles. The summed E-state index contributed by atoms with van der Waals surface area (Å²) in [6, 6.07) is 0. The van der Waals surface area contributed by atoms with Gasteiger partial charge in [-0.3, -0.25) is 0 Å². The van der Waals surface area contributed by atoms with Crippen LogP contribution in [0, 0.1) is 5.92 Å². The number of halogens is 1. The zero-order valence-electron chi connectivity index (χ0n) is 6.89. The van der Waals surface area contributed by atoms with E-state index in [0.29, 0.717) is 5.92 Å². The van der Waals surface area contributed by atoms with Crippen molar-refractivity contribution in [2.24, 2.45) is 17.4 Å². The van der Waals surface area contributed by atoms with Crippen molar-refractivity contribution in [1.82, 2.24) is 0 Å². The van der Waals surface area contributed by atoms with Gasteiger partial charge in [0.1, 0.15) is 0 Å². The molecule has 3 heteroatoms. The van der Waals surface area contributed by atoms with Gasteiger partial charge in [0.05, 0.1) is 0 Å². The monoisotopic (exact) mass is 265 g/mol. The molecule has 0 spiro atoms. The predicted molar refractivity (Wildman–Crippen MR) is 43.2 cm³/mol. The third kappa shape index (κ3) is 1.89. The van der Waals surface area contributed by atoms with Gasteiger partial charge >= 0.3 is 77.9 Å². The average Bonchev–Trinajstić information content (AvgIpc) is 1.96. The van der Waals surface area contributed by atoms with Gasteiger partial charge in [0.2, 0.25) is 0 Å². The van der Waals surface area contributed by atoms with Gasteiger partial charge in [-0.05, 0) is 0 Å². The van der Waals surface area contributed by atoms with E-state index in [9.17, 15) is 0 Å². The molecular formula is C8H14IN2-. The van der Waals surface area contributed by atoms with Crippen molar-refractivity contribution in [3.05, 3.63) is 21.0 Å². The van der Waals surface area contributed by atoms with Crippen LogP contribution in [0.2, 0.25) is 0 Å². The fourth-order valence-corrected chi connectivity index (χ4v) is 3.21. The van der Waals surface area contributed by atoms with E-state index < -0.39 is 0 Å². The number of rotatable bonds is 1. The summed E-state index contributed by atoms with van der Waals surface area (Å²) in [6.07, 6.45) is 3.18. The predicted octanol–water partition coefficient (Wildman–Crippen LogP) is -2.24. The Balaban J connectivity index is 2.90. The Morgan fingerprint density at radius 1 is 1.55 bits per heavy atom. The fraction of sp³-hybridized carbons (Fsp3) is 0.500. The van der Waals surface area contributed by atoms with Gasteiger partial charge in [0.25, 0.3) is 0 Å². The van der Waals surface area contributed by atoms with E-state index in [1.807, 2.05) is 0 Å². The van der Waals surface area contributed by atoms with Gasteiger partial charge in [-0.1, -0.05) is 0 Å². The van der Waals surface area contributed by atoms with E-state index >= 15 is 0 Å². The Kier molecular flexibility index (Phi) is 2.81. The topological polar surface area (TPSA) is 52.0 Å². The molecule has 0 fully saturated rings. The maximum absolute atomic E-state index is 5.81. The molecule has 0 radical (unpaired) electrons. The third-order valence-corrected chi connectivity index (χ3v) is 4.12. The summed E-state index contributed by atoms with van der Waals surface area (Å²) in [5.41, 5.74) is 13.2. The molecular weight excluding hydrogens is 251 g/mol.